The molecule has 0 unspecified atom stereocenters. The molecular weight excluding hydrogens is 87.0 g/mol. The molecule has 0 bridgehead atoms. The van der Waals surface area contributed by atoms with Crippen molar-refractivity contribution in [1.29, 1.82) is 0 Å². The molecule has 0 radical (unpaired) electrons. The maximum absolute atomic E-state index is 9.90. The van der Waals surface area contributed by atoms with Crippen LogP contribution in [0.15, 0.2) is 0 Å². The van der Waals surface area contributed by atoms with E-state index in [1.54, 1.807) is 6.92 Å². The van der Waals surface area contributed by atoms with Gasteiger partial charge in [-0.25, -0.2) is 0 Å². The van der Waals surface area contributed by atoms with E-state index in [-0.39, 0.29) is 24.8 Å². The molecule has 0 heterocycles. The molecule has 0 aliphatic rings. The summed E-state index contributed by atoms with van der Waals surface area (Å²) in [7, 11) is 1.35. The fourth-order valence-corrected chi connectivity index (χ4v) is 0.118. The number of rotatable bonds is 1. The number of hydrogen-bond donors (Lipinski definition) is 0. The second-order valence-corrected chi connectivity index (χ2v) is 0.812. The molecule has 0 atom stereocenters. The first-order valence-corrected chi connectivity index (χ1v) is 1.68. The van der Waals surface area contributed by atoms with E-state index in [1.807, 2.05) is 0 Å². The van der Waals surface area contributed by atoms with Crippen LogP contribution in [0.5, 0.6) is 0 Å². The van der Waals surface area contributed by atoms with Crippen molar-refractivity contribution in [3.63, 3.8) is 0 Å². The van der Waals surface area contributed by atoms with Crippen molar-refractivity contribution in [2.45, 2.75) is 6.92 Å². The third kappa shape index (κ3) is 5.94. The van der Waals surface area contributed by atoms with Crippen molar-refractivity contribution >= 4 is 5.97 Å². The van der Waals surface area contributed by atoms with Crippen LogP contribution < -0.4 is 18.9 Å². The summed E-state index contributed by atoms with van der Waals surface area (Å²) < 4.78 is 4.20. The predicted octanol–water partition coefficient (Wildman–Crippen LogP) is -2.61. The summed E-state index contributed by atoms with van der Waals surface area (Å²) >= 11 is 0. The van der Waals surface area contributed by atoms with Crippen LogP contribution in [0.3, 0.4) is 0 Å². The monoisotopic (exact) mass is 94.1 g/mol. The van der Waals surface area contributed by atoms with Crippen LogP contribution in [0, 0.1) is 6.42 Å². The van der Waals surface area contributed by atoms with Crippen molar-refractivity contribution in [2.24, 2.45) is 0 Å². The van der Waals surface area contributed by atoms with Crippen LogP contribution in [0.2, 0.25) is 0 Å². The zero-order valence-electron chi connectivity index (χ0n) is 4.89. The molecule has 0 N–H and O–H groups in total. The minimum absolute atomic E-state index is 0. The average Bonchev–Trinajstić information content (AvgIpc) is 1.65. The van der Waals surface area contributed by atoms with E-state index < -0.39 is 0 Å². The summed E-state index contributed by atoms with van der Waals surface area (Å²) in [5.41, 5.74) is 0. The van der Waals surface area contributed by atoms with Crippen LogP contribution in [-0.4, -0.2) is 13.1 Å². The molecule has 2 nitrogen and oxygen atoms in total. The topological polar surface area (TPSA) is 26.3 Å². The van der Waals surface area contributed by atoms with Crippen molar-refractivity contribution in [2.75, 3.05) is 7.11 Å². The van der Waals surface area contributed by atoms with Gasteiger partial charge in [-0.15, -0.1) is 0 Å². The summed E-state index contributed by atoms with van der Waals surface area (Å²) in [5, 5.41) is 0. The fraction of sp³-hybridized carbons (Fsp3) is 0.500. The van der Waals surface area contributed by atoms with Gasteiger partial charge < -0.3 is 4.74 Å². The van der Waals surface area contributed by atoms with Gasteiger partial charge in [0, 0.05) is 0 Å². The molecule has 0 aliphatic carbocycles. The second kappa shape index (κ2) is 5.94. The van der Waals surface area contributed by atoms with Gasteiger partial charge in [0.15, 0.2) is 5.97 Å². The van der Waals surface area contributed by atoms with Gasteiger partial charge in [0.25, 0.3) is 0 Å². The van der Waals surface area contributed by atoms with Crippen LogP contribution in [-0.2, 0) is 9.53 Å². The van der Waals surface area contributed by atoms with E-state index in [1.165, 1.54) is 13.5 Å². The molecule has 0 fully saturated rings. The van der Waals surface area contributed by atoms with Crippen LogP contribution in [0.4, 0.5) is 0 Å². The molecule has 0 spiro atoms. The van der Waals surface area contributed by atoms with Gasteiger partial charge >= 0.3 is 18.9 Å². The first kappa shape index (κ1) is 10.0. The zero-order chi connectivity index (χ0) is 4.99. The van der Waals surface area contributed by atoms with E-state index in [0.717, 1.165) is 0 Å². The summed E-state index contributed by atoms with van der Waals surface area (Å²) in [6.45, 7) is 1.63. The van der Waals surface area contributed by atoms with E-state index >= 15 is 0 Å². The number of carbonyl (C=O) groups is 1. The molecule has 0 aromatic heterocycles. The molecule has 0 amide bonds. The minimum Gasteiger partial charge on any atom is -0.491 e. The van der Waals surface area contributed by atoms with Gasteiger partial charge in [-0.05, 0) is 0 Å². The molecule has 3 heteroatoms. The van der Waals surface area contributed by atoms with Crippen LogP contribution in [0.1, 0.15) is 6.92 Å². The number of esters is 1. The van der Waals surface area contributed by atoms with Crippen LogP contribution in [0.25, 0.3) is 0 Å². The Labute approximate surface area is 55.4 Å². The van der Waals surface area contributed by atoms with Crippen molar-refractivity contribution in [1.82, 2.24) is 0 Å². The first-order chi connectivity index (χ1) is 2.81. The van der Waals surface area contributed by atoms with E-state index in [2.05, 4.69) is 4.74 Å². The summed E-state index contributed by atoms with van der Waals surface area (Å²) in [6, 6.07) is 0. The molecule has 0 rings (SSSR count). The second-order valence-electron chi connectivity index (χ2n) is 0.812. The molecule has 0 saturated heterocycles. The fourth-order valence-electron chi connectivity index (χ4n) is 0.118. The normalized spacial score (nSPS) is 6.00. The third-order valence-electron chi connectivity index (χ3n) is 0.437. The standard InChI is InChI=1S/C4H7O2.Li/c1-3-4(5)6-2;/h3H,1-2H3;/q-1;+1. The van der Waals surface area contributed by atoms with Gasteiger partial charge in [-0.3, -0.25) is 11.2 Å². The Morgan fingerprint density at radius 1 is 1.71 bits per heavy atom. The molecule has 36 valence electrons. The summed E-state index contributed by atoms with van der Waals surface area (Å²) in [4.78, 5) is 9.90. The zero-order valence-corrected chi connectivity index (χ0v) is 4.89. The van der Waals surface area contributed by atoms with Crippen molar-refractivity contribution in [3.8, 4) is 0 Å². The van der Waals surface area contributed by atoms with E-state index in [0.29, 0.717) is 0 Å². The number of carbonyl (C=O) groups excluding carboxylic acids is 1. The van der Waals surface area contributed by atoms with Gasteiger partial charge in [0.05, 0.1) is 7.11 Å². The summed E-state index contributed by atoms with van der Waals surface area (Å²) in [5.74, 6) is -0.282. The average molecular weight is 94.0 g/mol. The maximum atomic E-state index is 9.90. The molecule has 0 aliphatic heterocycles. The number of hydrogen-bond acceptors (Lipinski definition) is 2. The van der Waals surface area contributed by atoms with E-state index in [9.17, 15) is 4.79 Å². The molecule has 0 saturated carbocycles. The van der Waals surface area contributed by atoms with E-state index in [4.69, 9.17) is 0 Å². The first-order valence-electron chi connectivity index (χ1n) is 1.68. The Morgan fingerprint density at radius 3 is 2.14 bits per heavy atom. The van der Waals surface area contributed by atoms with Crippen molar-refractivity contribution in [3.05, 3.63) is 6.42 Å². The SMILES string of the molecule is C[CH-]C(=O)OC.[Li+]. The minimum atomic E-state index is -0.282. The largest absolute Gasteiger partial charge is 1.00 e. The Hall–Kier alpha value is -0.0626. The number of methoxy groups -OCH3 is 1. The Kier molecular flexibility index (Phi) is 8.51. The Morgan fingerprint density at radius 2 is 2.14 bits per heavy atom. The predicted molar refractivity (Wildman–Crippen MR) is 22.0 cm³/mol. The number of ether oxygens (including phenoxy) is 1. The van der Waals surface area contributed by atoms with Gasteiger partial charge in [0.1, 0.15) is 0 Å². The van der Waals surface area contributed by atoms with Crippen LogP contribution >= 0.6 is 0 Å². The maximum Gasteiger partial charge on any atom is 1.00 e. The van der Waals surface area contributed by atoms with Gasteiger partial charge in [-0.2, -0.15) is 6.92 Å². The molecule has 0 aromatic rings. The van der Waals surface area contributed by atoms with Gasteiger partial charge in [-0.1, -0.05) is 0 Å². The molecule has 7 heavy (non-hydrogen) atoms. The Bertz CT molecular complexity index is 47.7. The summed E-state index contributed by atoms with van der Waals surface area (Å²) in [6.07, 6.45) is 1.36. The van der Waals surface area contributed by atoms with Gasteiger partial charge in [0.2, 0.25) is 0 Å². The smallest absolute Gasteiger partial charge is 0.491 e. The molecular formula is C4H7LiO2. The quantitative estimate of drug-likeness (QED) is 0.202. The Balaban J connectivity index is 0. The van der Waals surface area contributed by atoms with Crippen molar-refractivity contribution < 1.29 is 28.4 Å². The third-order valence-corrected chi connectivity index (χ3v) is 0.437. The molecule has 0 aromatic carbocycles.